The van der Waals surface area contributed by atoms with E-state index in [0.29, 0.717) is 31.1 Å². The van der Waals surface area contributed by atoms with E-state index >= 15 is 0 Å². The highest BCUT2D eigenvalue weighted by molar-refractivity contribution is 7.89. The zero-order valence-corrected chi connectivity index (χ0v) is 18.5. The van der Waals surface area contributed by atoms with Gasteiger partial charge in [0, 0.05) is 31.9 Å². The van der Waals surface area contributed by atoms with Crippen LogP contribution in [0, 0.1) is 13.8 Å². The second-order valence-electron chi connectivity index (χ2n) is 8.39. The molecule has 0 bridgehead atoms. The summed E-state index contributed by atoms with van der Waals surface area (Å²) in [6.07, 6.45) is 3.10. The summed E-state index contributed by atoms with van der Waals surface area (Å²) in [6, 6.07) is 11.5. The Balaban J connectivity index is 1.33. The van der Waals surface area contributed by atoms with Crippen LogP contribution in [-0.2, 0) is 27.7 Å². The van der Waals surface area contributed by atoms with Gasteiger partial charge in [-0.15, -0.1) is 0 Å². The lowest BCUT2D eigenvalue weighted by Crippen LogP contribution is -2.50. The Morgan fingerprint density at radius 1 is 0.933 bits per heavy atom. The number of carbonyl (C=O) groups is 1. The number of anilines is 1. The second-order valence-corrected chi connectivity index (χ2v) is 10.3. The van der Waals surface area contributed by atoms with E-state index in [1.54, 1.807) is 10.4 Å². The van der Waals surface area contributed by atoms with Gasteiger partial charge in [-0.25, -0.2) is 8.42 Å². The fraction of sp³-hybridized carbons (Fsp3) is 0.435. The van der Waals surface area contributed by atoms with Gasteiger partial charge >= 0.3 is 0 Å². The van der Waals surface area contributed by atoms with E-state index in [-0.39, 0.29) is 12.5 Å². The van der Waals surface area contributed by atoms with E-state index in [2.05, 4.69) is 11.4 Å². The number of benzene rings is 2. The van der Waals surface area contributed by atoms with Gasteiger partial charge in [0.25, 0.3) is 0 Å². The minimum atomic E-state index is -3.49. The number of hydrogen-bond donors (Lipinski definition) is 1. The van der Waals surface area contributed by atoms with Crippen molar-refractivity contribution in [1.29, 1.82) is 0 Å². The minimum Gasteiger partial charge on any atom is -0.325 e. The van der Waals surface area contributed by atoms with Gasteiger partial charge in [0.15, 0.2) is 0 Å². The largest absolute Gasteiger partial charge is 0.325 e. The third-order valence-corrected chi connectivity index (χ3v) is 7.81. The highest BCUT2D eigenvalue weighted by atomic mass is 32.2. The van der Waals surface area contributed by atoms with Crippen LogP contribution in [0.5, 0.6) is 0 Å². The molecule has 2 aromatic carbocycles. The second kappa shape index (κ2) is 8.49. The van der Waals surface area contributed by atoms with Crippen molar-refractivity contribution in [2.45, 2.75) is 38.0 Å². The van der Waals surface area contributed by atoms with Gasteiger partial charge < -0.3 is 5.32 Å². The van der Waals surface area contributed by atoms with E-state index in [9.17, 15) is 13.2 Å². The highest BCUT2D eigenvalue weighted by Crippen LogP contribution is 2.26. The van der Waals surface area contributed by atoms with Crippen LogP contribution in [0.2, 0.25) is 0 Å². The predicted molar refractivity (Wildman–Crippen MR) is 118 cm³/mol. The van der Waals surface area contributed by atoms with Crippen molar-refractivity contribution in [3.05, 3.63) is 58.7 Å². The van der Waals surface area contributed by atoms with Crippen LogP contribution >= 0.6 is 0 Å². The first-order chi connectivity index (χ1) is 14.3. The average molecular weight is 428 g/mol. The standard InChI is InChI=1S/C23H29N3O3S/c1-17-12-18(2)14-21(13-17)24-23(27)16-25-8-10-26(11-9-25)30(28,29)22-7-6-19-4-3-5-20(19)15-22/h6-7,12-15H,3-5,8-11,16H2,1-2H3,(H,24,27). The summed E-state index contributed by atoms with van der Waals surface area (Å²) in [5.74, 6) is -0.0741. The number of rotatable bonds is 5. The maximum atomic E-state index is 13.0. The number of amides is 1. The number of fused-ring (bicyclic) bond motifs is 1. The Labute approximate surface area is 178 Å². The van der Waals surface area contributed by atoms with Gasteiger partial charge in [-0.2, -0.15) is 4.31 Å². The lowest BCUT2D eigenvalue weighted by molar-refractivity contribution is -0.117. The molecule has 1 N–H and O–H groups in total. The number of carbonyl (C=O) groups excluding carboxylic acids is 1. The topological polar surface area (TPSA) is 69.7 Å². The van der Waals surface area contributed by atoms with Crippen LogP contribution in [-0.4, -0.2) is 56.3 Å². The lowest BCUT2D eigenvalue weighted by Gasteiger charge is -2.33. The molecule has 1 heterocycles. The van der Waals surface area contributed by atoms with Crippen LogP contribution in [0.15, 0.2) is 41.3 Å². The SMILES string of the molecule is Cc1cc(C)cc(NC(=O)CN2CCN(S(=O)(=O)c3ccc4c(c3)CCC4)CC2)c1. The first kappa shape index (κ1) is 21.0. The highest BCUT2D eigenvalue weighted by Gasteiger charge is 2.30. The molecule has 1 aliphatic carbocycles. The molecule has 0 spiro atoms. The van der Waals surface area contributed by atoms with Crippen LogP contribution in [0.4, 0.5) is 5.69 Å². The number of nitrogens with zero attached hydrogens (tertiary/aromatic N) is 2. The third-order valence-electron chi connectivity index (χ3n) is 5.91. The van der Waals surface area contributed by atoms with E-state index in [1.165, 1.54) is 5.56 Å². The molecule has 0 atom stereocenters. The molecule has 0 unspecified atom stereocenters. The Kier molecular flexibility index (Phi) is 5.95. The molecule has 1 aliphatic heterocycles. The molecular formula is C23H29N3O3S. The lowest BCUT2D eigenvalue weighted by atomic mass is 10.1. The van der Waals surface area contributed by atoms with Crippen LogP contribution in [0.1, 0.15) is 28.7 Å². The van der Waals surface area contributed by atoms with E-state index in [1.807, 2.05) is 43.0 Å². The minimum absolute atomic E-state index is 0.0741. The Morgan fingerprint density at radius 3 is 2.30 bits per heavy atom. The molecule has 2 aromatic rings. The number of hydrogen-bond acceptors (Lipinski definition) is 4. The fourth-order valence-corrected chi connectivity index (χ4v) is 5.91. The predicted octanol–water partition coefficient (Wildman–Crippen LogP) is 2.74. The molecule has 0 radical (unpaired) electrons. The first-order valence-electron chi connectivity index (χ1n) is 10.5. The van der Waals surface area contributed by atoms with Gasteiger partial charge in [0.2, 0.25) is 15.9 Å². The van der Waals surface area contributed by atoms with Crippen molar-refractivity contribution in [2.75, 3.05) is 38.0 Å². The summed E-state index contributed by atoms with van der Waals surface area (Å²) < 4.78 is 27.6. The summed E-state index contributed by atoms with van der Waals surface area (Å²) in [6.45, 7) is 6.16. The van der Waals surface area contributed by atoms with Crippen LogP contribution in [0.25, 0.3) is 0 Å². The molecular weight excluding hydrogens is 398 g/mol. The molecule has 4 rings (SSSR count). The number of nitrogens with one attached hydrogen (secondary N) is 1. The van der Waals surface area contributed by atoms with Gasteiger partial charge in [0.1, 0.15) is 0 Å². The molecule has 1 fully saturated rings. The quantitative estimate of drug-likeness (QED) is 0.797. The maximum absolute atomic E-state index is 13.0. The van der Waals surface area contributed by atoms with Crippen LogP contribution < -0.4 is 5.32 Å². The van der Waals surface area contributed by atoms with Crippen molar-refractivity contribution in [3.8, 4) is 0 Å². The molecule has 2 aliphatic rings. The smallest absolute Gasteiger partial charge is 0.243 e. The molecule has 1 amide bonds. The number of aryl methyl sites for hydroxylation is 4. The van der Waals surface area contributed by atoms with E-state index in [4.69, 9.17) is 0 Å². The number of sulfonamides is 1. The third kappa shape index (κ3) is 4.58. The van der Waals surface area contributed by atoms with Gasteiger partial charge in [-0.05, 0) is 79.6 Å². The Hall–Kier alpha value is -2.22. The summed E-state index contributed by atoms with van der Waals surface area (Å²) >= 11 is 0. The van der Waals surface area contributed by atoms with Crippen molar-refractivity contribution < 1.29 is 13.2 Å². The fourth-order valence-electron chi connectivity index (χ4n) is 4.44. The zero-order valence-electron chi connectivity index (χ0n) is 17.6. The van der Waals surface area contributed by atoms with E-state index in [0.717, 1.165) is 41.6 Å². The molecule has 1 saturated heterocycles. The molecule has 160 valence electrons. The van der Waals surface area contributed by atoms with Crippen molar-refractivity contribution >= 4 is 21.6 Å². The molecule has 7 heteroatoms. The van der Waals surface area contributed by atoms with Crippen molar-refractivity contribution in [3.63, 3.8) is 0 Å². The van der Waals surface area contributed by atoms with Crippen molar-refractivity contribution in [1.82, 2.24) is 9.21 Å². The van der Waals surface area contributed by atoms with Gasteiger partial charge in [0.05, 0.1) is 11.4 Å². The maximum Gasteiger partial charge on any atom is 0.243 e. The molecule has 30 heavy (non-hydrogen) atoms. The molecule has 0 aromatic heterocycles. The summed E-state index contributed by atoms with van der Waals surface area (Å²) in [7, 11) is -3.49. The molecule has 6 nitrogen and oxygen atoms in total. The van der Waals surface area contributed by atoms with Gasteiger partial charge in [-0.1, -0.05) is 12.1 Å². The normalized spacial score (nSPS) is 17.7. The van der Waals surface area contributed by atoms with Crippen LogP contribution in [0.3, 0.4) is 0 Å². The van der Waals surface area contributed by atoms with Gasteiger partial charge in [-0.3, -0.25) is 9.69 Å². The van der Waals surface area contributed by atoms with E-state index < -0.39 is 10.0 Å². The number of piperazine rings is 1. The average Bonchev–Trinajstić information content (AvgIpc) is 3.15. The molecule has 0 saturated carbocycles. The summed E-state index contributed by atoms with van der Waals surface area (Å²) in [5.41, 5.74) is 5.45. The monoisotopic (exact) mass is 427 g/mol. The first-order valence-corrected chi connectivity index (χ1v) is 12.0. The summed E-state index contributed by atoms with van der Waals surface area (Å²) in [5, 5.41) is 2.95. The Morgan fingerprint density at radius 2 is 1.60 bits per heavy atom. The van der Waals surface area contributed by atoms with Crippen molar-refractivity contribution in [2.24, 2.45) is 0 Å². The summed E-state index contributed by atoms with van der Waals surface area (Å²) in [4.78, 5) is 14.8. The Bertz CT molecular complexity index is 1040. The zero-order chi connectivity index (χ0) is 21.3.